The number of aryl methyl sites for hydroxylation is 2. The number of hydrogen-bond acceptors (Lipinski definition) is 5. The number of likely N-dealkylation sites (tertiary alicyclic amines) is 1. The van der Waals surface area contributed by atoms with Crippen LogP contribution in [0.25, 0.3) is 0 Å². The maximum Gasteiger partial charge on any atom is 0.251 e. The van der Waals surface area contributed by atoms with E-state index in [0.717, 1.165) is 50.6 Å². The molecule has 0 spiro atoms. The number of furan rings is 1. The summed E-state index contributed by atoms with van der Waals surface area (Å²) < 4.78 is 11.6. The molecular formula is C19H28N2O4. The Morgan fingerprint density at radius 2 is 2.12 bits per heavy atom. The zero-order valence-electron chi connectivity index (χ0n) is 15.2. The topological polar surface area (TPSA) is 55.2 Å². The van der Waals surface area contributed by atoms with Crippen LogP contribution in [0.2, 0.25) is 0 Å². The lowest BCUT2D eigenvalue weighted by Gasteiger charge is -2.36. The summed E-state index contributed by atoms with van der Waals surface area (Å²) in [5.74, 6) is 2.80. The highest BCUT2D eigenvalue weighted by molar-refractivity contribution is 5.78. The van der Waals surface area contributed by atoms with Gasteiger partial charge in [-0.1, -0.05) is 0 Å². The Balaban J connectivity index is 1.41. The molecule has 4 heterocycles. The third-order valence-corrected chi connectivity index (χ3v) is 5.88. The number of nitrogens with zero attached hydrogens (tertiary/aromatic N) is 2. The van der Waals surface area contributed by atoms with E-state index in [1.54, 1.807) is 5.06 Å². The van der Waals surface area contributed by atoms with Crippen LogP contribution < -0.4 is 0 Å². The number of rotatable bonds is 3. The first-order valence-electron chi connectivity index (χ1n) is 9.42. The van der Waals surface area contributed by atoms with E-state index in [1.807, 2.05) is 6.92 Å². The molecule has 4 rings (SSSR count). The van der Waals surface area contributed by atoms with Crippen LogP contribution >= 0.6 is 0 Å². The smallest absolute Gasteiger partial charge is 0.251 e. The fraction of sp³-hybridized carbons (Fsp3) is 0.737. The standard InChI is InChI=1S/C19H28N2O4/c1-13-7-16(25-14(13)2)9-20-8-15-11-23-12-18(17(15)10-20)19(22)21-5-3-4-6-24-21/h7,15,17-18H,3-6,8-12H2,1-2H3/t15-,17-,18+/m1/s1. The second kappa shape index (κ2) is 7.09. The fourth-order valence-electron chi connectivity index (χ4n) is 4.38. The monoisotopic (exact) mass is 348 g/mol. The first-order valence-corrected chi connectivity index (χ1v) is 9.42. The highest BCUT2D eigenvalue weighted by Gasteiger charge is 2.45. The molecule has 3 fully saturated rings. The third kappa shape index (κ3) is 3.48. The summed E-state index contributed by atoms with van der Waals surface area (Å²) in [5.41, 5.74) is 1.20. The van der Waals surface area contributed by atoms with Crippen molar-refractivity contribution >= 4 is 5.91 Å². The molecule has 0 bridgehead atoms. The van der Waals surface area contributed by atoms with E-state index < -0.39 is 0 Å². The normalized spacial score (nSPS) is 30.5. The van der Waals surface area contributed by atoms with Gasteiger partial charge < -0.3 is 9.15 Å². The van der Waals surface area contributed by atoms with Crippen LogP contribution in [0.15, 0.2) is 10.5 Å². The van der Waals surface area contributed by atoms with Gasteiger partial charge in [0.15, 0.2) is 0 Å². The van der Waals surface area contributed by atoms with Gasteiger partial charge in [0.2, 0.25) is 0 Å². The van der Waals surface area contributed by atoms with Gasteiger partial charge in [-0.2, -0.15) is 0 Å². The molecule has 25 heavy (non-hydrogen) atoms. The Hall–Kier alpha value is -1.37. The largest absolute Gasteiger partial charge is 0.465 e. The van der Waals surface area contributed by atoms with Crippen molar-refractivity contribution in [1.82, 2.24) is 9.96 Å². The molecule has 6 heteroatoms. The molecule has 0 radical (unpaired) electrons. The van der Waals surface area contributed by atoms with Crippen LogP contribution in [0.4, 0.5) is 0 Å². The van der Waals surface area contributed by atoms with E-state index in [0.29, 0.717) is 31.6 Å². The van der Waals surface area contributed by atoms with E-state index >= 15 is 0 Å². The van der Waals surface area contributed by atoms with E-state index in [9.17, 15) is 4.79 Å². The molecule has 3 saturated heterocycles. The minimum Gasteiger partial charge on any atom is -0.465 e. The number of ether oxygens (including phenoxy) is 1. The molecule has 0 aromatic carbocycles. The number of hydrogen-bond donors (Lipinski definition) is 0. The first kappa shape index (κ1) is 17.1. The summed E-state index contributed by atoms with van der Waals surface area (Å²) in [6, 6.07) is 2.12. The number of carbonyl (C=O) groups is 1. The van der Waals surface area contributed by atoms with Crippen LogP contribution in [-0.2, 0) is 20.9 Å². The van der Waals surface area contributed by atoms with Gasteiger partial charge in [-0.3, -0.25) is 14.5 Å². The average Bonchev–Trinajstić information content (AvgIpc) is 3.17. The van der Waals surface area contributed by atoms with E-state index in [1.165, 1.54) is 5.56 Å². The Morgan fingerprint density at radius 1 is 1.24 bits per heavy atom. The average molecular weight is 348 g/mol. The predicted octanol–water partition coefficient (Wildman–Crippen LogP) is 2.14. The Labute approximate surface area is 149 Å². The summed E-state index contributed by atoms with van der Waals surface area (Å²) in [4.78, 5) is 20.9. The third-order valence-electron chi connectivity index (χ3n) is 5.88. The van der Waals surface area contributed by atoms with Crippen molar-refractivity contribution in [3.8, 4) is 0 Å². The first-order chi connectivity index (χ1) is 12.1. The summed E-state index contributed by atoms with van der Waals surface area (Å²) in [5, 5.41) is 1.59. The van der Waals surface area contributed by atoms with Crippen molar-refractivity contribution in [3.05, 3.63) is 23.2 Å². The molecule has 6 nitrogen and oxygen atoms in total. The molecule has 0 unspecified atom stereocenters. The lowest BCUT2D eigenvalue weighted by atomic mass is 9.82. The van der Waals surface area contributed by atoms with E-state index in [-0.39, 0.29) is 11.8 Å². The lowest BCUT2D eigenvalue weighted by molar-refractivity contribution is -0.207. The Kier molecular flexibility index (Phi) is 4.84. The van der Waals surface area contributed by atoms with Crippen molar-refractivity contribution in [2.75, 3.05) is 39.5 Å². The molecule has 3 aliphatic rings. The fourth-order valence-corrected chi connectivity index (χ4v) is 4.38. The van der Waals surface area contributed by atoms with Crippen LogP contribution in [0.1, 0.15) is 29.9 Å². The maximum atomic E-state index is 12.9. The van der Waals surface area contributed by atoms with E-state index in [2.05, 4.69) is 17.9 Å². The van der Waals surface area contributed by atoms with Crippen molar-refractivity contribution in [1.29, 1.82) is 0 Å². The molecule has 1 aromatic rings. The highest BCUT2D eigenvalue weighted by atomic mass is 16.7. The van der Waals surface area contributed by atoms with Crippen molar-refractivity contribution in [2.45, 2.75) is 33.2 Å². The molecule has 3 atom stereocenters. The molecule has 1 amide bonds. The van der Waals surface area contributed by atoms with Crippen molar-refractivity contribution < 1.29 is 18.8 Å². The summed E-state index contributed by atoms with van der Waals surface area (Å²) in [6.45, 7) is 9.41. The Bertz CT molecular complexity index is 603. The van der Waals surface area contributed by atoms with Gasteiger partial charge in [-0.15, -0.1) is 0 Å². The summed E-state index contributed by atoms with van der Waals surface area (Å²) in [7, 11) is 0. The maximum absolute atomic E-state index is 12.9. The SMILES string of the molecule is Cc1cc(CN2C[C@@H]3COC[C@H](C(=O)N4CCCCO4)[C@@H]3C2)oc1C. The summed E-state index contributed by atoms with van der Waals surface area (Å²) >= 11 is 0. The van der Waals surface area contributed by atoms with Gasteiger partial charge >= 0.3 is 0 Å². The van der Waals surface area contributed by atoms with Gasteiger partial charge in [-0.25, -0.2) is 5.06 Å². The quantitative estimate of drug-likeness (QED) is 0.838. The van der Waals surface area contributed by atoms with Crippen LogP contribution in [-0.4, -0.2) is 55.3 Å². The minimum atomic E-state index is -0.0816. The van der Waals surface area contributed by atoms with E-state index in [4.69, 9.17) is 14.0 Å². The summed E-state index contributed by atoms with van der Waals surface area (Å²) in [6.07, 6.45) is 2.06. The second-order valence-electron chi connectivity index (χ2n) is 7.69. The van der Waals surface area contributed by atoms with Gasteiger partial charge in [-0.05, 0) is 50.2 Å². The van der Waals surface area contributed by atoms with Gasteiger partial charge in [0.1, 0.15) is 11.5 Å². The minimum absolute atomic E-state index is 0.0816. The zero-order valence-corrected chi connectivity index (χ0v) is 15.2. The molecular weight excluding hydrogens is 320 g/mol. The second-order valence-corrected chi connectivity index (χ2v) is 7.69. The molecule has 1 aromatic heterocycles. The number of amides is 1. The Morgan fingerprint density at radius 3 is 2.84 bits per heavy atom. The van der Waals surface area contributed by atoms with Crippen molar-refractivity contribution in [3.63, 3.8) is 0 Å². The van der Waals surface area contributed by atoms with Crippen LogP contribution in [0.5, 0.6) is 0 Å². The van der Waals surface area contributed by atoms with Crippen LogP contribution in [0, 0.1) is 31.6 Å². The molecule has 3 aliphatic heterocycles. The van der Waals surface area contributed by atoms with Crippen LogP contribution in [0.3, 0.4) is 0 Å². The molecule has 138 valence electrons. The van der Waals surface area contributed by atoms with Gasteiger partial charge in [0, 0.05) is 19.6 Å². The van der Waals surface area contributed by atoms with Gasteiger partial charge in [0.05, 0.1) is 32.3 Å². The molecule has 0 aliphatic carbocycles. The zero-order chi connectivity index (χ0) is 17.4. The number of hydroxylamine groups is 2. The van der Waals surface area contributed by atoms with Crippen molar-refractivity contribution in [2.24, 2.45) is 17.8 Å². The predicted molar refractivity (Wildman–Crippen MR) is 91.6 cm³/mol. The highest BCUT2D eigenvalue weighted by Crippen LogP contribution is 2.36. The lowest BCUT2D eigenvalue weighted by Crippen LogP contribution is -2.47. The van der Waals surface area contributed by atoms with Gasteiger partial charge in [0.25, 0.3) is 5.91 Å². The molecule has 0 saturated carbocycles. The number of fused-ring (bicyclic) bond motifs is 1. The molecule has 0 N–H and O–H groups in total. The number of carbonyl (C=O) groups excluding carboxylic acids is 1.